The van der Waals surface area contributed by atoms with Crippen LogP contribution in [0.5, 0.6) is 11.5 Å². The summed E-state index contributed by atoms with van der Waals surface area (Å²) in [5.41, 5.74) is 0.227. The number of hydrogen-bond donors (Lipinski definition) is 3. The molecule has 0 spiro atoms. The molecule has 0 aromatic heterocycles. The Labute approximate surface area is 86.7 Å². The summed E-state index contributed by atoms with van der Waals surface area (Å²) >= 11 is 0. The molecule has 15 heavy (non-hydrogen) atoms. The zero-order valence-electron chi connectivity index (χ0n) is 7.78. The van der Waals surface area contributed by atoms with Gasteiger partial charge in [-0.15, -0.1) is 0 Å². The summed E-state index contributed by atoms with van der Waals surface area (Å²) in [6, 6.07) is 3.52. The van der Waals surface area contributed by atoms with Crippen LogP contribution in [0.4, 0.5) is 0 Å². The largest absolute Gasteiger partial charge is 0.508 e. The van der Waals surface area contributed by atoms with Crippen LogP contribution in [0.1, 0.15) is 18.6 Å². The molecular formula is C8H10O6S. The van der Waals surface area contributed by atoms with Crippen LogP contribution in [0.15, 0.2) is 18.2 Å². The fourth-order valence-corrected chi connectivity index (χ4v) is 1.57. The van der Waals surface area contributed by atoms with Gasteiger partial charge in [-0.3, -0.25) is 4.55 Å². The van der Waals surface area contributed by atoms with E-state index in [0.29, 0.717) is 0 Å². The van der Waals surface area contributed by atoms with Crippen LogP contribution < -0.4 is 0 Å². The molecule has 0 aliphatic rings. The van der Waals surface area contributed by atoms with Crippen molar-refractivity contribution >= 4 is 10.4 Å². The van der Waals surface area contributed by atoms with E-state index >= 15 is 0 Å². The molecule has 1 unspecified atom stereocenters. The monoisotopic (exact) mass is 234 g/mol. The van der Waals surface area contributed by atoms with E-state index in [1.807, 2.05) is 0 Å². The van der Waals surface area contributed by atoms with Crippen LogP contribution in [0.25, 0.3) is 0 Å². The van der Waals surface area contributed by atoms with Crippen molar-refractivity contribution < 1.29 is 27.4 Å². The van der Waals surface area contributed by atoms with E-state index < -0.39 is 16.5 Å². The minimum atomic E-state index is -4.56. The third kappa shape index (κ3) is 3.74. The average molecular weight is 234 g/mol. The number of phenolic OH excluding ortho intramolecular Hbond substituents is 2. The Kier molecular flexibility index (Phi) is 3.18. The van der Waals surface area contributed by atoms with Gasteiger partial charge >= 0.3 is 10.4 Å². The maximum Gasteiger partial charge on any atom is 0.397 e. The molecule has 1 rings (SSSR count). The Bertz CT molecular complexity index is 432. The third-order valence-corrected chi connectivity index (χ3v) is 2.19. The Hall–Kier alpha value is -1.31. The third-order valence-electron chi connectivity index (χ3n) is 1.66. The van der Waals surface area contributed by atoms with Gasteiger partial charge in [-0.2, -0.15) is 8.42 Å². The quantitative estimate of drug-likeness (QED) is 0.673. The first-order chi connectivity index (χ1) is 6.78. The highest BCUT2D eigenvalue weighted by Gasteiger charge is 2.15. The molecule has 84 valence electrons. The number of aromatic hydroxyl groups is 2. The maximum absolute atomic E-state index is 10.4. The Morgan fingerprint density at radius 3 is 2.07 bits per heavy atom. The van der Waals surface area contributed by atoms with Crippen molar-refractivity contribution in [2.45, 2.75) is 13.0 Å². The fraction of sp³-hybridized carbons (Fsp3) is 0.250. The first-order valence-corrected chi connectivity index (χ1v) is 5.33. The van der Waals surface area contributed by atoms with Gasteiger partial charge < -0.3 is 10.2 Å². The van der Waals surface area contributed by atoms with Gasteiger partial charge in [0.15, 0.2) is 0 Å². The van der Waals surface area contributed by atoms with Crippen LogP contribution in [0.2, 0.25) is 0 Å². The molecule has 0 aliphatic heterocycles. The fourth-order valence-electron chi connectivity index (χ4n) is 1.09. The lowest BCUT2D eigenvalue weighted by Gasteiger charge is -2.10. The van der Waals surface area contributed by atoms with Gasteiger partial charge in [0.25, 0.3) is 0 Å². The summed E-state index contributed by atoms with van der Waals surface area (Å²) < 4.78 is 33.4. The first kappa shape index (κ1) is 11.8. The molecule has 0 heterocycles. The molecule has 1 atom stereocenters. The van der Waals surface area contributed by atoms with E-state index in [1.54, 1.807) is 0 Å². The van der Waals surface area contributed by atoms with E-state index in [-0.39, 0.29) is 17.1 Å². The molecule has 1 aromatic carbocycles. The summed E-state index contributed by atoms with van der Waals surface area (Å²) in [4.78, 5) is 0. The molecule has 0 amide bonds. The summed E-state index contributed by atoms with van der Waals surface area (Å²) in [7, 11) is -4.56. The second-order valence-corrected chi connectivity index (χ2v) is 4.00. The first-order valence-electron chi connectivity index (χ1n) is 3.96. The molecular weight excluding hydrogens is 224 g/mol. The number of phenols is 2. The van der Waals surface area contributed by atoms with E-state index in [4.69, 9.17) is 14.8 Å². The van der Waals surface area contributed by atoms with Gasteiger partial charge in [-0.05, 0) is 24.6 Å². The molecule has 0 radical (unpaired) electrons. The van der Waals surface area contributed by atoms with Crippen molar-refractivity contribution in [3.05, 3.63) is 23.8 Å². The molecule has 0 fully saturated rings. The van der Waals surface area contributed by atoms with Crippen molar-refractivity contribution in [3.63, 3.8) is 0 Å². The minimum Gasteiger partial charge on any atom is -0.508 e. The predicted molar refractivity (Wildman–Crippen MR) is 50.8 cm³/mol. The standard InChI is InChI=1S/C8H10O6S/c1-5(14-15(11,12)13)6-2-7(9)4-8(10)3-6/h2-5,9-10H,1H3,(H,11,12,13). The van der Waals surface area contributed by atoms with E-state index in [0.717, 1.165) is 6.07 Å². The van der Waals surface area contributed by atoms with Crippen LogP contribution in [0.3, 0.4) is 0 Å². The van der Waals surface area contributed by atoms with Crippen LogP contribution in [-0.2, 0) is 14.6 Å². The van der Waals surface area contributed by atoms with E-state index in [1.165, 1.54) is 19.1 Å². The summed E-state index contributed by atoms with van der Waals surface area (Å²) in [5, 5.41) is 18.2. The molecule has 0 aliphatic carbocycles. The number of rotatable bonds is 3. The SMILES string of the molecule is CC(OS(=O)(=O)O)c1cc(O)cc(O)c1. The van der Waals surface area contributed by atoms with Gasteiger partial charge in [0.05, 0.1) is 0 Å². The second-order valence-electron chi connectivity index (χ2n) is 2.95. The highest BCUT2D eigenvalue weighted by molar-refractivity contribution is 7.80. The van der Waals surface area contributed by atoms with Crippen molar-refractivity contribution in [1.29, 1.82) is 0 Å². The summed E-state index contributed by atoms with van der Waals surface area (Å²) in [6.45, 7) is 1.35. The highest BCUT2D eigenvalue weighted by Crippen LogP contribution is 2.27. The van der Waals surface area contributed by atoms with Gasteiger partial charge in [0.1, 0.15) is 17.6 Å². The molecule has 6 nitrogen and oxygen atoms in total. The summed E-state index contributed by atoms with van der Waals surface area (Å²) in [5.74, 6) is -0.452. The van der Waals surface area contributed by atoms with Gasteiger partial charge in [-0.1, -0.05) is 0 Å². The Balaban J connectivity index is 2.96. The average Bonchev–Trinajstić information content (AvgIpc) is 1.98. The predicted octanol–water partition coefficient (Wildman–Crippen LogP) is 0.978. The van der Waals surface area contributed by atoms with Gasteiger partial charge in [-0.25, -0.2) is 4.18 Å². The van der Waals surface area contributed by atoms with Crippen molar-refractivity contribution in [2.24, 2.45) is 0 Å². The Morgan fingerprint density at radius 2 is 1.67 bits per heavy atom. The van der Waals surface area contributed by atoms with E-state index in [2.05, 4.69) is 4.18 Å². The van der Waals surface area contributed by atoms with Crippen molar-refractivity contribution in [1.82, 2.24) is 0 Å². The van der Waals surface area contributed by atoms with Crippen molar-refractivity contribution in [3.8, 4) is 11.5 Å². The number of benzene rings is 1. The molecule has 0 saturated heterocycles. The molecule has 7 heteroatoms. The van der Waals surface area contributed by atoms with Gasteiger partial charge in [0, 0.05) is 6.07 Å². The summed E-state index contributed by atoms with van der Waals surface area (Å²) in [6.07, 6.45) is -1.00. The van der Waals surface area contributed by atoms with Crippen molar-refractivity contribution in [2.75, 3.05) is 0 Å². The lowest BCUT2D eigenvalue weighted by atomic mass is 10.1. The van der Waals surface area contributed by atoms with Gasteiger partial charge in [0.2, 0.25) is 0 Å². The highest BCUT2D eigenvalue weighted by atomic mass is 32.3. The second kappa shape index (κ2) is 4.05. The topological polar surface area (TPSA) is 104 Å². The molecule has 0 bridgehead atoms. The number of hydrogen-bond acceptors (Lipinski definition) is 5. The molecule has 0 saturated carbocycles. The van der Waals surface area contributed by atoms with Crippen LogP contribution in [0, 0.1) is 0 Å². The van der Waals surface area contributed by atoms with Crippen LogP contribution in [-0.4, -0.2) is 23.2 Å². The molecule has 1 aromatic rings. The lowest BCUT2D eigenvalue weighted by molar-refractivity contribution is 0.200. The molecule has 3 N–H and O–H groups in total. The zero-order valence-corrected chi connectivity index (χ0v) is 8.60. The minimum absolute atomic E-state index is 0.226. The van der Waals surface area contributed by atoms with Crippen LogP contribution >= 0.6 is 0 Å². The normalized spacial score (nSPS) is 13.7. The Morgan fingerprint density at radius 1 is 1.20 bits per heavy atom. The lowest BCUT2D eigenvalue weighted by Crippen LogP contribution is -2.07. The van der Waals surface area contributed by atoms with E-state index in [9.17, 15) is 8.42 Å². The zero-order chi connectivity index (χ0) is 11.6. The smallest absolute Gasteiger partial charge is 0.397 e. The maximum atomic E-state index is 10.4.